The molecule has 0 spiro atoms. The van der Waals surface area contributed by atoms with Gasteiger partial charge in [0.1, 0.15) is 0 Å². The summed E-state index contributed by atoms with van der Waals surface area (Å²) in [6.07, 6.45) is 3.81. The van der Waals surface area contributed by atoms with Crippen LogP contribution in [0.2, 0.25) is 0 Å². The van der Waals surface area contributed by atoms with Crippen molar-refractivity contribution in [2.45, 2.75) is 13.3 Å². The summed E-state index contributed by atoms with van der Waals surface area (Å²) < 4.78 is 6.53. The molecule has 2 N–H and O–H groups in total. The minimum absolute atomic E-state index is 0.111. The van der Waals surface area contributed by atoms with Gasteiger partial charge in [-0.3, -0.25) is 4.79 Å². The molecular weight excluding hydrogens is 368 g/mol. The lowest BCUT2D eigenvalue weighted by Gasteiger charge is -2.08. The number of aromatic nitrogens is 3. The zero-order chi connectivity index (χ0) is 20.2. The summed E-state index contributed by atoms with van der Waals surface area (Å²) in [7, 11) is 0. The van der Waals surface area contributed by atoms with Gasteiger partial charge in [0.2, 0.25) is 5.91 Å². The highest BCUT2D eigenvalue weighted by Crippen LogP contribution is 2.19. The number of fused-ring (bicyclic) bond motifs is 1. The highest BCUT2D eigenvalue weighted by Gasteiger charge is 2.12. The first-order valence-electron chi connectivity index (χ1n) is 9.32. The molecule has 0 saturated heterocycles. The van der Waals surface area contributed by atoms with Crippen LogP contribution >= 0.6 is 0 Å². The molecular formula is C22H20N4O3. The van der Waals surface area contributed by atoms with Crippen LogP contribution in [-0.4, -0.2) is 33.2 Å². The number of rotatable bonds is 6. The van der Waals surface area contributed by atoms with Crippen molar-refractivity contribution >= 4 is 28.5 Å². The average molecular weight is 388 g/mol. The number of ether oxygens (including phenoxy) is 1. The molecule has 0 radical (unpaired) electrons. The SMILES string of the molecule is CCOC(=O)c1ccn(-c2cccc(NC(=O)Cc3c[nH]c4ccccc34)c2)n1. The first kappa shape index (κ1) is 18.5. The van der Waals surface area contributed by atoms with E-state index in [0.717, 1.165) is 22.2 Å². The molecule has 4 aromatic rings. The molecule has 0 aliphatic rings. The Morgan fingerprint density at radius 1 is 1.14 bits per heavy atom. The van der Waals surface area contributed by atoms with Crippen molar-refractivity contribution in [3.05, 3.63) is 78.2 Å². The lowest BCUT2D eigenvalue weighted by Crippen LogP contribution is -2.14. The number of aromatic amines is 1. The van der Waals surface area contributed by atoms with Gasteiger partial charge in [-0.05, 0) is 42.8 Å². The first-order valence-corrected chi connectivity index (χ1v) is 9.32. The molecule has 0 bridgehead atoms. The highest BCUT2D eigenvalue weighted by molar-refractivity contribution is 5.96. The van der Waals surface area contributed by atoms with E-state index in [1.54, 1.807) is 29.9 Å². The number of amides is 1. The third-order valence-corrected chi connectivity index (χ3v) is 4.49. The number of anilines is 1. The molecule has 7 heteroatoms. The normalized spacial score (nSPS) is 10.8. The Bertz CT molecular complexity index is 1180. The van der Waals surface area contributed by atoms with Crippen LogP contribution in [0.1, 0.15) is 23.0 Å². The van der Waals surface area contributed by atoms with Gasteiger partial charge in [0.15, 0.2) is 5.69 Å². The van der Waals surface area contributed by atoms with E-state index in [0.29, 0.717) is 12.3 Å². The number of benzene rings is 2. The van der Waals surface area contributed by atoms with Crippen molar-refractivity contribution in [2.75, 3.05) is 11.9 Å². The van der Waals surface area contributed by atoms with Crippen LogP contribution in [0.25, 0.3) is 16.6 Å². The fourth-order valence-corrected chi connectivity index (χ4v) is 3.16. The number of hydrogen-bond acceptors (Lipinski definition) is 4. The minimum atomic E-state index is -0.463. The second-order valence-corrected chi connectivity index (χ2v) is 6.50. The molecule has 4 rings (SSSR count). The lowest BCUT2D eigenvalue weighted by molar-refractivity contribution is -0.115. The molecule has 146 valence electrons. The van der Waals surface area contributed by atoms with E-state index < -0.39 is 5.97 Å². The number of hydrogen-bond donors (Lipinski definition) is 2. The maximum absolute atomic E-state index is 12.5. The van der Waals surface area contributed by atoms with Gasteiger partial charge >= 0.3 is 5.97 Å². The van der Waals surface area contributed by atoms with Crippen molar-refractivity contribution in [3.63, 3.8) is 0 Å². The topological polar surface area (TPSA) is 89.0 Å². The Morgan fingerprint density at radius 3 is 2.86 bits per heavy atom. The molecule has 29 heavy (non-hydrogen) atoms. The van der Waals surface area contributed by atoms with Crippen molar-refractivity contribution in [2.24, 2.45) is 0 Å². The van der Waals surface area contributed by atoms with E-state index in [-0.39, 0.29) is 18.0 Å². The molecule has 0 fully saturated rings. The quantitative estimate of drug-likeness (QED) is 0.493. The first-order chi connectivity index (χ1) is 14.1. The van der Waals surface area contributed by atoms with Gasteiger partial charge in [-0.15, -0.1) is 0 Å². The number of carbonyl (C=O) groups excluding carboxylic acids is 2. The van der Waals surface area contributed by atoms with Crippen LogP contribution in [0.15, 0.2) is 67.0 Å². The fourth-order valence-electron chi connectivity index (χ4n) is 3.16. The Morgan fingerprint density at radius 2 is 2.00 bits per heavy atom. The molecule has 0 atom stereocenters. The van der Waals surface area contributed by atoms with E-state index in [4.69, 9.17) is 4.74 Å². The van der Waals surface area contributed by atoms with Gasteiger partial charge in [-0.2, -0.15) is 5.10 Å². The summed E-state index contributed by atoms with van der Waals surface area (Å²) in [6.45, 7) is 2.04. The van der Waals surface area contributed by atoms with Crippen LogP contribution in [0.5, 0.6) is 0 Å². The van der Waals surface area contributed by atoms with Crippen LogP contribution in [-0.2, 0) is 16.0 Å². The summed E-state index contributed by atoms with van der Waals surface area (Å²) in [4.78, 5) is 27.5. The van der Waals surface area contributed by atoms with Gasteiger partial charge in [0.25, 0.3) is 0 Å². The summed E-state index contributed by atoms with van der Waals surface area (Å²) in [6, 6.07) is 16.8. The van der Waals surface area contributed by atoms with Gasteiger partial charge < -0.3 is 15.0 Å². The highest BCUT2D eigenvalue weighted by atomic mass is 16.5. The smallest absolute Gasteiger partial charge is 0.358 e. The van der Waals surface area contributed by atoms with Crippen molar-refractivity contribution in [1.29, 1.82) is 0 Å². The predicted octanol–water partition coefficient (Wildman–Crippen LogP) is 3.71. The second-order valence-electron chi connectivity index (χ2n) is 6.50. The fraction of sp³-hybridized carbons (Fsp3) is 0.136. The van der Waals surface area contributed by atoms with Crippen molar-refractivity contribution in [3.8, 4) is 5.69 Å². The summed E-state index contributed by atoms with van der Waals surface area (Å²) >= 11 is 0. The number of para-hydroxylation sites is 1. The molecule has 2 aromatic heterocycles. The van der Waals surface area contributed by atoms with E-state index in [9.17, 15) is 9.59 Å². The molecule has 2 aromatic carbocycles. The van der Waals surface area contributed by atoms with Crippen molar-refractivity contribution in [1.82, 2.24) is 14.8 Å². The third kappa shape index (κ3) is 4.03. The number of H-pyrrole nitrogens is 1. The maximum atomic E-state index is 12.5. The number of carbonyl (C=O) groups is 2. The maximum Gasteiger partial charge on any atom is 0.358 e. The Labute approximate surface area is 167 Å². The van der Waals surface area contributed by atoms with Crippen LogP contribution in [0.3, 0.4) is 0 Å². The zero-order valence-corrected chi connectivity index (χ0v) is 15.9. The predicted molar refractivity (Wildman–Crippen MR) is 110 cm³/mol. The molecule has 1 amide bonds. The minimum Gasteiger partial charge on any atom is -0.461 e. The number of nitrogens with one attached hydrogen (secondary N) is 2. The lowest BCUT2D eigenvalue weighted by atomic mass is 10.1. The Kier molecular flexibility index (Phi) is 5.11. The summed E-state index contributed by atoms with van der Waals surface area (Å²) in [5.74, 6) is -0.575. The second kappa shape index (κ2) is 8.02. The molecule has 2 heterocycles. The zero-order valence-electron chi connectivity index (χ0n) is 15.9. The molecule has 0 aliphatic heterocycles. The molecule has 7 nitrogen and oxygen atoms in total. The van der Waals surface area contributed by atoms with E-state index >= 15 is 0 Å². The van der Waals surface area contributed by atoms with E-state index in [1.807, 2.05) is 48.7 Å². The standard InChI is InChI=1S/C22H20N4O3/c1-2-29-22(28)20-10-11-26(25-20)17-7-5-6-16(13-17)24-21(27)12-15-14-23-19-9-4-3-8-18(15)19/h3-11,13-14,23H,2,12H2,1H3,(H,24,27). The van der Waals surface area contributed by atoms with E-state index in [2.05, 4.69) is 15.4 Å². The van der Waals surface area contributed by atoms with Gasteiger partial charge in [0, 0.05) is 29.0 Å². The van der Waals surface area contributed by atoms with Gasteiger partial charge in [-0.25, -0.2) is 9.48 Å². The van der Waals surface area contributed by atoms with E-state index in [1.165, 1.54) is 0 Å². The molecule has 0 unspecified atom stereocenters. The van der Waals surface area contributed by atoms with Crippen LogP contribution in [0, 0.1) is 0 Å². The number of nitrogens with zero attached hydrogens (tertiary/aromatic N) is 2. The van der Waals surface area contributed by atoms with Crippen LogP contribution < -0.4 is 5.32 Å². The van der Waals surface area contributed by atoms with Crippen LogP contribution in [0.4, 0.5) is 5.69 Å². The van der Waals surface area contributed by atoms with Gasteiger partial charge in [0.05, 0.1) is 18.7 Å². The monoisotopic (exact) mass is 388 g/mol. The Hall–Kier alpha value is -3.87. The molecule has 0 aliphatic carbocycles. The van der Waals surface area contributed by atoms with Gasteiger partial charge in [-0.1, -0.05) is 24.3 Å². The summed E-state index contributed by atoms with van der Waals surface area (Å²) in [5, 5.41) is 8.20. The Balaban J connectivity index is 1.47. The number of esters is 1. The average Bonchev–Trinajstić information content (AvgIpc) is 3.36. The molecule has 0 saturated carbocycles. The largest absolute Gasteiger partial charge is 0.461 e. The third-order valence-electron chi connectivity index (χ3n) is 4.49. The van der Waals surface area contributed by atoms with Crippen molar-refractivity contribution < 1.29 is 14.3 Å². The summed E-state index contributed by atoms with van der Waals surface area (Å²) in [5.41, 5.74) is 3.57.